The number of carbonyl (C=O) groups is 2. The maximum atomic E-state index is 11.8. The molecule has 0 unspecified atom stereocenters. The number of hydrogen-bond acceptors (Lipinski definition) is 3. The highest BCUT2D eigenvalue weighted by atomic mass is 35.5. The summed E-state index contributed by atoms with van der Waals surface area (Å²) in [6, 6.07) is 9.33. The standard InChI is InChI=1S/C15H9Cl4N3O2/c16-10-2-1-3-11(17)9(10)7-20-22-15(24)14(23)21-8-4-5-12(18)13(19)6-8/h1-7H,(H,21,23)(H,22,24). The van der Waals surface area contributed by atoms with E-state index in [0.717, 1.165) is 0 Å². The molecule has 2 amide bonds. The van der Waals surface area contributed by atoms with E-state index in [2.05, 4.69) is 15.8 Å². The van der Waals surface area contributed by atoms with Gasteiger partial charge >= 0.3 is 11.8 Å². The molecule has 0 saturated heterocycles. The summed E-state index contributed by atoms with van der Waals surface area (Å²) in [6.45, 7) is 0. The third-order valence-corrected chi connectivity index (χ3v) is 4.14. The Morgan fingerprint density at radius 3 is 2.17 bits per heavy atom. The van der Waals surface area contributed by atoms with Crippen LogP contribution >= 0.6 is 46.4 Å². The number of anilines is 1. The van der Waals surface area contributed by atoms with Crippen LogP contribution in [0.25, 0.3) is 0 Å². The second-order valence-corrected chi connectivity index (χ2v) is 6.05. The van der Waals surface area contributed by atoms with E-state index in [4.69, 9.17) is 46.4 Å². The van der Waals surface area contributed by atoms with Crippen LogP contribution in [-0.4, -0.2) is 18.0 Å². The number of carbonyl (C=O) groups excluding carboxylic acids is 2. The fourth-order valence-electron chi connectivity index (χ4n) is 1.60. The van der Waals surface area contributed by atoms with Crippen molar-refractivity contribution in [3.63, 3.8) is 0 Å². The molecule has 0 bridgehead atoms. The summed E-state index contributed by atoms with van der Waals surface area (Å²) >= 11 is 23.5. The number of hydrazone groups is 1. The summed E-state index contributed by atoms with van der Waals surface area (Å²) in [5.41, 5.74) is 2.82. The van der Waals surface area contributed by atoms with Gasteiger partial charge in [-0.25, -0.2) is 5.43 Å². The van der Waals surface area contributed by atoms with Crippen molar-refractivity contribution in [3.05, 3.63) is 62.1 Å². The molecule has 0 atom stereocenters. The van der Waals surface area contributed by atoms with Gasteiger partial charge in [-0.15, -0.1) is 0 Å². The van der Waals surface area contributed by atoms with E-state index in [0.29, 0.717) is 26.3 Å². The Morgan fingerprint density at radius 2 is 1.54 bits per heavy atom. The zero-order chi connectivity index (χ0) is 17.7. The highest BCUT2D eigenvalue weighted by Crippen LogP contribution is 2.25. The summed E-state index contributed by atoms with van der Waals surface area (Å²) in [7, 11) is 0. The van der Waals surface area contributed by atoms with Gasteiger partial charge in [-0.1, -0.05) is 52.5 Å². The lowest BCUT2D eigenvalue weighted by Crippen LogP contribution is -2.32. The molecule has 0 aliphatic rings. The average Bonchev–Trinajstić information content (AvgIpc) is 2.53. The van der Waals surface area contributed by atoms with Gasteiger partial charge in [0.25, 0.3) is 0 Å². The molecule has 0 aromatic heterocycles. The Balaban J connectivity index is 1.98. The Morgan fingerprint density at radius 1 is 0.875 bits per heavy atom. The van der Waals surface area contributed by atoms with Gasteiger partial charge in [0.2, 0.25) is 0 Å². The van der Waals surface area contributed by atoms with Crippen LogP contribution in [0.5, 0.6) is 0 Å². The minimum Gasteiger partial charge on any atom is -0.318 e. The quantitative estimate of drug-likeness (QED) is 0.452. The van der Waals surface area contributed by atoms with Crippen LogP contribution in [0, 0.1) is 0 Å². The Labute approximate surface area is 157 Å². The molecular weight excluding hydrogens is 396 g/mol. The first-order valence-corrected chi connectivity index (χ1v) is 7.93. The summed E-state index contributed by atoms with van der Waals surface area (Å²) in [6.07, 6.45) is 1.25. The van der Waals surface area contributed by atoms with Crippen LogP contribution in [-0.2, 0) is 9.59 Å². The third-order valence-electron chi connectivity index (χ3n) is 2.74. The molecule has 124 valence electrons. The van der Waals surface area contributed by atoms with E-state index in [1.54, 1.807) is 18.2 Å². The third kappa shape index (κ3) is 4.85. The number of rotatable bonds is 3. The van der Waals surface area contributed by atoms with Crippen molar-refractivity contribution < 1.29 is 9.59 Å². The molecule has 2 N–H and O–H groups in total. The number of halogens is 4. The van der Waals surface area contributed by atoms with Crippen molar-refractivity contribution >= 4 is 70.1 Å². The van der Waals surface area contributed by atoms with E-state index in [1.165, 1.54) is 24.4 Å². The largest absolute Gasteiger partial charge is 0.329 e. The lowest BCUT2D eigenvalue weighted by Gasteiger charge is -2.05. The van der Waals surface area contributed by atoms with Gasteiger partial charge in [0.05, 0.1) is 26.3 Å². The summed E-state index contributed by atoms with van der Waals surface area (Å²) in [4.78, 5) is 23.5. The van der Waals surface area contributed by atoms with E-state index in [9.17, 15) is 9.59 Å². The molecule has 5 nitrogen and oxygen atoms in total. The maximum absolute atomic E-state index is 11.8. The van der Waals surface area contributed by atoms with Crippen molar-refractivity contribution in [2.45, 2.75) is 0 Å². The van der Waals surface area contributed by atoms with Crippen molar-refractivity contribution in [1.29, 1.82) is 0 Å². The highest BCUT2D eigenvalue weighted by Gasteiger charge is 2.13. The number of nitrogens with one attached hydrogen (secondary N) is 2. The molecule has 0 aliphatic heterocycles. The van der Waals surface area contributed by atoms with Gasteiger partial charge in [0.1, 0.15) is 0 Å². The Hall–Kier alpha value is -1.79. The van der Waals surface area contributed by atoms with Crippen LogP contribution in [0.3, 0.4) is 0 Å². The predicted molar refractivity (Wildman–Crippen MR) is 97.3 cm³/mol. The fraction of sp³-hybridized carbons (Fsp3) is 0. The lowest BCUT2D eigenvalue weighted by atomic mass is 10.2. The fourth-order valence-corrected chi connectivity index (χ4v) is 2.40. The van der Waals surface area contributed by atoms with Gasteiger partial charge in [-0.2, -0.15) is 5.10 Å². The Kier molecular flexibility index (Phi) is 6.45. The molecule has 24 heavy (non-hydrogen) atoms. The summed E-state index contributed by atoms with van der Waals surface area (Å²) < 4.78 is 0. The van der Waals surface area contributed by atoms with Crippen molar-refractivity contribution in [3.8, 4) is 0 Å². The normalized spacial score (nSPS) is 10.7. The molecule has 0 aliphatic carbocycles. The molecular formula is C15H9Cl4N3O2. The molecule has 0 spiro atoms. The first-order valence-electron chi connectivity index (χ1n) is 6.42. The van der Waals surface area contributed by atoms with Crippen LogP contribution in [0.15, 0.2) is 41.5 Å². The molecule has 2 aromatic carbocycles. The molecule has 9 heteroatoms. The van der Waals surface area contributed by atoms with Gasteiger partial charge in [-0.05, 0) is 30.3 Å². The number of benzene rings is 2. The zero-order valence-electron chi connectivity index (χ0n) is 11.8. The van der Waals surface area contributed by atoms with Crippen molar-refractivity contribution in [2.75, 3.05) is 5.32 Å². The summed E-state index contributed by atoms with van der Waals surface area (Å²) in [5.74, 6) is -1.89. The molecule has 2 aromatic rings. The SMILES string of the molecule is O=C(NN=Cc1c(Cl)cccc1Cl)C(=O)Nc1ccc(Cl)c(Cl)c1. The van der Waals surface area contributed by atoms with Crippen molar-refractivity contribution in [1.82, 2.24) is 5.43 Å². The smallest absolute Gasteiger partial charge is 0.318 e. The predicted octanol–water partition coefficient (Wildman–Crippen LogP) is 4.39. The Bertz CT molecular complexity index is 804. The second kappa shape index (κ2) is 8.35. The summed E-state index contributed by atoms with van der Waals surface area (Å²) in [5, 5.41) is 7.33. The van der Waals surface area contributed by atoms with Crippen LogP contribution < -0.4 is 10.7 Å². The minimum atomic E-state index is -0.972. The van der Waals surface area contributed by atoms with Crippen LogP contribution in [0.4, 0.5) is 5.69 Å². The van der Waals surface area contributed by atoms with Gasteiger partial charge in [0.15, 0.2) is 0 Å². The molecule has 0 fully saturated rings. The number of hydrogen-bond donors (Lipinski definition) is 2. The van der Waals surface area contributed by atoms with E-state index >= 15 is 0 Å². The number of nitrogens with zero attached hydrogens (tertiary/aromatic N) is 1. The highest BCUT2D eigenvalue weighted by molar-refractivity contribution is 6.43. The minimum absolute atomic E-state index is 0.251. The molecule has 0 heterocycles. The second-order valence-electron chi connectivity index (χ2n) is 4.42. The van der Waals surface area contributed by atoms with Gasteiger partial charge < -0.3 is 5.32 Å². The van der Waals surface area contributed by atoms with Gasteiger partial charge in [-0.3, -0.25) is 9.59 Å². The lowest BCUT2D eigenvalue weighted by molar-refractivity contribution is -0.136. The average molecular weight is 405 g/mol. The van der Waals surface area contributed by atoms with Crippen LogP contribution in [0.2, 0.25) is 20.1 Å². The monoisotopic (exact) mass is 403 g/mol. The van der Waals surface area contributed by atoms with Gasteiger partial charge in [0, 0.05) is 11.3 Å². The van der Waals surface area contributed by atoms with E-state index < -0.39 is 11.8 Å². The topological polar surface area (TPSA) is 70.6 Å². The molecule has 2 rings (SSSR count). The van der Waals surface area contributed by atoms with Crippen molar-refractivity contribution in [2.24, 2.45) is 5.10 Å². The van der Waals surface area contributed by atoms with Crippen LogP contribution in [0.1, 0.15) is 5.56 Å². The first-order chi connectivity index (χ1) is 11.4. The van der Waals surface area contributed by atoms with E-state index in [-0.39, 0.29) is 5.02 Å². The number of amides is 2. The molecule has 0 radical (unpaired) electrons. The maximum Gasteiger partial charge on any atom is 0.329 e. The first kappa shape index (κ1) is 18.5. The molecule has 0 saturated carbocycles. The zero-order valence-corrected chi connectivity index (χ0v) is 14.8. The van der Waals surface area contributed by atoms with E-state index in [1.807, 2.05) is 0 Å².